The van der Waals surface area contributed by atoms with Gasteiger partial charge in [-0.3, -0.25) is 8.75 Å². The van der Waals surface area contributed by atoms with Gasteiger partial charge in [-0.15, -0.1) is 45.3 Å². The summed E-state index contributed by atoms with van der Waals surface area (Å²) in [4.78, 5) is 48.6. The maximum atomic E-state index is 12.8. The maximum Gasteiger partial charge on any atom is 0.508 e. The first-order valence-electron chi connectivity index (χ1n) is 42.4. The van der Waals surface area contributed by atoms with Crippen LogP contribution in [0, 0.1) is 69.2 Å². The van der Waals surface area contributed by atoms with E-state index in [2.05, 4.69) is 90.3 Å². The number of alkyl carbamates (subject to hydrolysis) is 1. The molecule has 1 amide bonds. The number of hydrogen-bond donors (Lipinski definition) is 3. The standard InChI is InChI=1S/C18H33NO3S.C17H32N2O2S2.C17H30N2O2S.C17H29NO3S.C15H28NO3PS/c1-4-5-6-7-8-9-10-11-13-22-23(20,21)14-12-18-15-16(2)19-17(18)3;1-4-5-6-7-8-9-10-11-13-18-23(20,21)14-12-17-15(2)22-16(3)19-17;1-4-5-6-7-8-9-10-12-18-17(20)21-13-11-16-14(2)22-15(3)19-16;1-4-5-6-7-8-9-10-12-20-17(19)21-13-11-16-14(2)22-15(3)18-16;1-5-7-10-18-20(17,19-11-8-6-2)12-9-15-13(3)21-14(4)16-15/h15,19H,4-14H2,1-3H3;18H,4-14H2,1-3H3;4-13H2,1-3H3,(H,18,20);4-13H2,1-3H3;5-12H2,1-4H3. The molecule has 5 heterocycles. The number of unbranched alkanes of at least 4 members (excludes halogenated alkanes) is 28. The fourth-order valence-corrected chi connectivity index (χ4v) is 19.0. The number of nitrogens with one attached hydrogen (secondary N) is 3. The fraction of sp³-hybridized carbons (Fsp3) is 0.786. The van der Waals surface area contributed by atoms with Gasteiger partial charge in [0.15, 0.2) is 0 Å². The number of amides is 1. The van der Waals surface area contributed by atoms with Crippen molar-refractivity contribution in [2.45, 2.75) is 361 Å². The van der Waals surface area contributed by atoms with E-state index >= 15 is 0 Å². The van der Waals surface area contributed by atoms with Gasteiger partial charge in [0.05, 0.1) is 93.5 Å². The van der Waals surface area contributed by atoms with Crippen molar-refractivity contribution in [3.63, 3.8) is 0 Å². The van der Waals surface area contributed by atoms with Crippen molar-refractivity contribution in [2.24, 2.45) is 0 Å². The van der Waals surface area contributed by atoms with E-state index in [1.165, 1.54) is 162 Å². The van der Waals surface area contributed by atoms with Gasteiger partial charge in [0.1, 0.15) is 6.61 Å². The van der Waals surface area contributed by atoms with Crippen molar-refractivity contribution in [1.82, 2.24) is 35.0 Å². The monoisotopic (exact) mass is 1690 g/mol. The van der Waals surface area contributed by atoms with Crippen molar-refractivity contribution < 1.29 is 58.4 Å². The van der Waals surface area contributed by atoms with E-state index in [1.807, 2.05) is 61.5 Å². The number of carbonyl (C=O) groups is 2. The molecule has 3 N–H and O–H groups in total. The Bertz CT molecular complexity index is 3230. The first-order valence-corrected chi connectivity index (χ1v) is 50.7. The van der Waals surface area contributed by atoms with Crippen molar-refractivity contribution in [2.75, 3.05) is 70.4 Å². The summed E-state index contributed by atoms with van der Waals surface area (Å²) in [6.45, 7) is 36.9. The summed E-state index contributed by atoms with van der Waals surface area (Å²) >= 11 is 6.67. The van der Waals surface area contributed by atoms with Gasteiger partial charge < -0.3 is 33.6 Å². The zero-order valence-electron chi connectivity index (χ0n) is 71.9. The van der Waals surface area contributed by atoms with E-state index in [-0.39, 0.29) is 17.6 Å². The predicted molar refractivity (Wildman–Crippen MR) is 469 cm³/mol. The number of aromatic nitrogens is 5. The van der Waals surface area contributed by atoms with E-state index < -0.39 is 33.9 Å². The Morgan fingerprint density at radius 1 is 0.405 bits per heavy atom. The maximum absolute atomic E-state index is 12.8. The molecule has 5 aromatic heterocycles. The lowest BCUT2D eigenvalue weighted by molar-refractivity contribution is 0.0547. The Balaban J connectivity index is 0.000000694. The molecule has 0 aliphatic heterocycles. The number of thiazole rings is 4. The molecular formula is C84H152N7O13PS6. The van der Waals surface area contributed by atoms with Crippen LogP contribution in [0.15, 0.2) is 6.07 Å². The average Bonchev–Trinajstić information content (AvgIpc) is 1.79. The molecule has 0 atom stereocenters. The van der Waals surface area contributed by atoms with Crippen LogP contribution in [0.2, 0.25) is 0 Å². The molecule has 5 rings (SSSR count). The molecule has 0 aliphatic rings. The normalized spacial score (nSPS) is 11.5. The average molecular weight is 1690 g/mol. The summed E-state index contributed by atoms with van der Waals surface area (Å²) in [5.74, 6) is 0.191. The number of nitrogens with zero attached hydrogens (tertiary/aromatic N) is 4. The van der Waals surface area contributed by atoms with Crippen LogP contribution in [0.5, 0.6) is 0 Å². The molecule has 0 aromatic carbocycles. The highest BCUT2D eigenvalue weighted by atomic mass is 32.2. The number of hydrogen-bond acceptors (Lipinski definition) is 21. The zero-order chi connectivity index (χ0) is 82.4. The number of aromatic amines is 1. The van der Waals surface area contributed by atoms with Crippen LogP contribution in [-0.2, 0) is 84.3 Å². The smallest absolute Gasteiger partial charge is 0.449 e. The minimum absolute atomic E-state index is 0.0577. The Kier molecular flexibility index (Phi) is 62.9. The van der Waals surface area contributed by atoms with Gasteiger partial charge >= 0.3 is 19.8 Å². The van der Waals surface area contributed by atoms with Crippen LogP contribution < -0.4 is 10.0 Å². The van der Waals surface area contributed by atoms with Crippen LogP contribution in [0.1, 0.15) is 339 Å². The topological polar surface area (TPSA) is 266 Å². The second-order valence-corrected chi connectivity index (χ2v) is 40.5. The molecule has 0 spiro atoms. The number of H-pyrrole nitrogens is 1. The first kappa shape index (κ1) is 105. The zero-order valence-corrected chi connectivity index (χ0v) is 77.7. The van der Waals surface area contributed by atoms with E-state index in [1.54, 1.807) is 45.3 Å². The van der Waals surface area contributed by atoms with E-state index in [0.717, 1.165) is 135 Å². The number of carbonyl (C=O) groups excluding carboxylic acids is 2. The van der Waals surface area contributed by atoms with Gasteiger partial charge in [-0.25, -0.2) is 42.7 Å². The van der Waals surface area contributed by atoms with Gasteiger partial charge in [0.2, 0.25) is 10.0 Å². The van der Waals surface area contributed by atoms with Gasteiger partial charge in [-0.05, 0) is 126 Å². The second-order valence-electron chi connectivity index (χ2n) is 29.0. The number of sulfonamides is 1. The van der Waals surface area contributed by atoms with Gasteiger partial charge in [-0.1, -0.05) is 221 Å². The molecule has 0 bridgehead atoms. The van der Waals surface area contributed by atoms with Crippen molar-refractivity contribution in [3.8, 4) is 0 Å². The highest BCUT2D eigenvalue weighted by Gasteiger charge is 2.26. The highest BCUT2D eigenvalue weighted by molar-refractivity contribution is 7.89. The number of aryl methyl sites for hydroxylation is 13. The third kappa shape index (κ3) is 57.1. The van der Waals surface area contributed by atoms with Crippen LogP contribution in [0.3, 0.4) is 0 Å². The van der Waals surface area contributed by atoms with Crippen LogP contribution in [0.25, 0.3) is 0 Å². The molecule has 0 fully saturated rings. The van der Waals surface area contributed by atoms with Gasteiger partial charge in [0.25, 0.3) is 10.1 Å². The second kappa shape index (κ2) is 66.3. The molecule has 111 heavy (non-hydrogen) atoms. The Labute approximate surface area is 690 Å². The molecule has 20 nitrogen and oxygen atoms in total. The van der Waals surface area contributed by atoms with E-state index in [0.29, 0.717) is 91.0 Å². The Morgan fingerprint density at radius 3 is 1.16 bits per heavy atom. The van der Waals surface area contributed by atoms with Crippen molar-refractivity contribution >= 4 is 85.3 Å². The van der Waals surface area contributed by atoms with E-state index in [4.69, 9.17) is 27.4 Å². The van der Waals surface area contributed by atoms with Crippen LogP contribution in [0.4, 0.5) is 9.59 Å². The summed E-state index contributed by atoms with van der Waals surface area (Å²) in [6, 6.07) is 2.00. The largest absolute Gasteiger partial charge is 0.508 e. The SMILES string of the molecule is CCCCCCCCCCNS(=O)(=O)CCc1nc(C)sc1C.CCCCCCCCCCOS(=O)(=O)CCc1cc(C)[nH]c1C.CCCCCCCCCNC(=O)OCCc1nc(C)sc1C.CCCCCCCCCOC(=O)OCCc1nc(C)sc1C.CCCCOP(=O)(CCc1nc(C)sc1C)OCCCC. The van der Waals surface area contributed by atoms with Gasteiger partial charge in [-0.2, -0.15) is 8.42 Å². The molecule has 0 unspecified atom stereocenters. The Hall–Kier alpha value is -3.69. The summed E-state index contributed by atoms with van der Waals surface area (Å²) < 4.78 is 94.9. The molecule has 5 aromatic rings. The third-order valence-corrected chi connectivity index (χ3v) is 26.7. The molecule has 0 radical (unpaired) electrons. The molecular weight excluding hydrogens is 1540 g/mol. The summed E-state index contributed by atoms with van der Waals surface area (Å²) in [6.07, 6.45) is 42.9. The third-order valence-electron chi connectivity index (χ3n) is 18.4. The lowest BCUT2D eigenvalue weighted by atomic mass is 10.1. The van der Waals surface area contributed by atoms with Crippen LogP contribution in [-0.4, -0.2) is 124 Å². The lowest BCUT2D eigenvalue weighted by Gasteiger charge is -2.18. The number of rotatable bonds is 59. The molecule has 0 saturated carbocycles. The Morgan fingerprint density at radius 2 is 0.766 bits per heavy atom. The van der Waals surface area contributed by atoms with Crippen molar-refractivity contribution in [1.29, 1.82) is 0 Å². The molecule has 27 heteroatoms. The summed E-state index contributed by atoms with van der Waals surface area (Å²) in [5, 5.41) is 6.98. The minimum Gasteiger partial charge on any atom is -0.449 e. The molecule has 0 saturated heterocycles. The minimum atomic E-state index is -3.41. The quantitative estimate of drug-likeness (QED) is 0.0141. The highest BCUT2D eigenvalue weighted by Crippen LogP contribution is 2.49. The number of ether oxygens (including phenoxy) is 3. The van der Waals surface area contributed by atoms with Gasteiger partial charge in [0, 0.05) is 69.7 Å². The fourth-order valence-electron chi connectivity index (χ4n) is 11.9. The lowest BCUT2D eigenvalue weighted by Crippen LogP contribution is -2.28. The summed E-state index contributed by atoms with van der Waals surface area (Å²) in [5.41, 5.74) is 7.17. The predicted octanol–water partition coefficient (Wildman–Crippen LogP) is 24.1. The molecule has 0 aliphatic carbocycles. The van der Waals surface area contributed by atoms with Crippen molar-refractivity contribution in [3.05, 3.63) is 85.3 Å². The van der Waals surface area contributed by atoms with E-state index in [9.17, 15) is 31.0 Å². The summed E-state index contributed by atoms with van der Waals surface area (Å²) in [7, 11) is -9.57. The van der Waals surface area contributed by atoms with Crippen LogP contribution >= 0.6 is 52.9 Å². The first-order chi connectivity index (χ1) is 53.2. The molecule has 642 valence electrons.